The number of nitrogens with two attached hydrogens (primary N) is 2. The number of rotatable bonds is 24. The Bertz CT molecular complexity index is 3840. The van der Waals surface area contributed by atoms with Gasteiger partial charge in [-0.15, -0.1) is 0 Å². The number of imidazole rings is 1. The Labute approximate surface area is 497 Å². The smallest absolute Gasteiger partial charge is 0.291 e. The summed E-state index contributed by atoms with van der Waals surface area (Å²) in [5, 5.41) is 24.5. The van der Waals surface area contributed by atoms with Crippen LogP contribution in [-0.2, 0) is 68.5 Å². The summed E-state index contributed by atoms with van der Waals surface area (Å²) in [7, 11) is 11.4. The monoisotopic (exact) mass is 1200 g/mol. The highest BCUT2D eigenvalue weighted by Crippen LogP contribution is 2.23. The number of aryl methyl sites for hydroxylation is 7. The van der Waals surface area contributed by atoms with Gasteiger partial charge in [0.15, 0.2) is 5.82 Å². The van der Waals surface area contributed by atoms with Gasteiger partial charge in [-0.25, -0.2) is 4.98 Å². The van der Waals surface area contributed by atoms with Gasteiger partial charge in [-0.2, -0.15) is 0 Å². The summed E-state index contributed by atoms with van der Waals surface area (Å²) < 4.78 is 10.6. The molecule has 458 valence electrons. The lowest BCUT2D eigenvalue weighted by atomic mass is 10.1. The molecule has 0 aromatic carbocycles. The van der Waals surface area contributed by atoms with Gasteiger partial charge < -0.3 is 96.2 Å². The molecule has 0 spiro atoms. The standard InChI is InChI=1S/C56H68N20O11/c1-69-17-15-59-48(69)56(87)68-37-21-42(73(5)30-37)53(84)62-14-10-46(78)76-16-11-31(24-76)49(80)64-33-19-40(71(3)26-33)51(82)60-12-8-38(57)50(81)65-34-22-43(74(6)27-34)54(85)67-36-23-44(75(7)29-36)55(86)66-35-20-41(72(4)28-35)52(83)61-13-9-45(77)63-32-18-39(47(58)79)70(2)25-32/h15,17-23,25-31,38H,8-14,16,24,57H2,1-7H3,(H2,58,79)(H,60,82)(H,61,83)(H,62,84)(H,63,77)(H,64,80)(H,65,81)(H,66,86)(H,67,85)(H,68,87)/t31-,38+/m0/s1. The van der Waals surface area contributed by atoms with Crippen LogP contribution < -0.4 is 59.3 Å². The molecule has 1 aliphatic heterocycles. The first-order valence-corrected chi connectivity index (χ1v) is 27.3. The number of hydrogen-bond acceptors (Lipinski definition) is 13. The highest BCUT2D eigenvalue weighted by atomic mass is 16.2. The fourth-order valence-corrected chi connectivity index (χ4v) is 9.71. The third-order valence-corrected chi connectivity index (χ3v) is 14.3. The maximum Gasteiger partial charge on any atom is 0.291 e. The Morgan fingerprint density at radius 1 is 0.494 bits per heavy atom. The normalized spacial score (nSPS) is 13.1. The van der Waals surface area contributed by atoms with E-state index in [4.69, 9.17) is 11.5 Å². The van der Waals surface area contributed by atoms with E-state index in [1.54, 1.807) is 82.0 Å². The molecule has 7 aromatic rings. The molecule has 1 saturated heterocycles. The molecule has 1 aliphatic rings. The van der Waals surface area contributed by atoms with Crippen LogP contribution in [-0.4, -0.2) is 146 Å². The molecule has 0 saturated carbocycles. The molecule has 31 nitrogen and oxygen atoms in total. The van der Waals surface area contributed by atoms with E-state index in [1.165, 1.54) is 90.2 Å². The molecule has 8 rings (SSSR count). The van der Waals surface area contributed by atoms with E-state index >= 15 is 0 Å². The second-order valence-electron chi connectivity index (χ2n) is 21.0. The molecule has 8 heterocycles. The summed E-state index contributed by atoms with van der Waals surface area (Å²) in [6.07, 6.45) is 12.8. The molecule has 11 amide bonds. The van der Waals surface area contributed by atoms with E-state index < -0.39 is 65.1 Å². The minimum Gasteiger partial charge on any atom is -0.364 e. The van der Waals surface area contributed by atoms with Gasteiger partial charge in [0.2, 0.25) is 23.6 Å². The lowest BCUT2D eigenvalue weighted by Gasteiger charge is -2.16. The van der Waals surface area contributed by atoms with Gasteiger partial charge >= 0.3 is 0 Å². The number of nitrogens with one attached hydrogen (secondary N) is 9. The number of primary amides is 1. The first-order chi connectivity index (χ1) is 41.3. The van der Waals surface area contributed by atoms with Crippen molar-refractivity contribution in [3.05, 3.63) is 126 Å². The van der Waals surface area contributed by atoms with Gasteiger partial charge in [0.25, 0.3) is 41.4 Å². The van der Waals surface area contributed by atoms with E-state index in [0.717, 1.165) is 0 Å². The van der Waals surface area contributed by atoms with Crippen LogP contribution in [0.25, 0.3) is 0 Å². The first kappa shape index (κ1) is 62.1. The molecule has 2 atom stereocenters. The number of aromatic nitrogens is 8. The summed E-state index contributed by atoms with van der Waals surface area (Å²) in [5.74, 6) is -5.46. The highest BCUT2D eigenvalue weighted by Gasteiger charge is 2.32. The summed E-state index contributed by atoms with van der Waals surface area (Å²) in [4.78, 5) is 148. The molecule has 87 heavy (non-hydrogen) atoms. The van der Waals surface area contributed by atoms with E-state index in [0.29, 0.717) is 35.7 Å². The molecular formula is C56H68N20O11. The quantitative estimate of drug-likeness (QED) is 0.0399. The summed E-state index contributed by atoms with van der Waals surface area (Å²) in [5.41, 5.74) is 14.8. The minimum atomic E-state index is -1.06. The second kappa shape index (κ2) is 26.7. The van der Waals surface area contributed by atoms with Crippen LogP contribution >= 0.6 is 0 Å². The lowest BCUT2D eigenvalue weighted by molar-refractivity contribution is -0.130. The Kier molecular flexibility index (Phi) is 19.1. The van der Waals surface area contributed by atoms with Gasteiger partial charge in [-0.05, 0) is 49.2 Å². The number of amides is 11. The van der Waals surface area contributed by atoms with E-state index in [2.05, 4.69) is 52.8 Å². The minimum absolute atomic E-state index is 0.00187. The Morgan fingerprint density at radius 3 is 1.36 bits per heavy atom. The molecule has 7 aromatic heterocycles. The number of carbonyl (C=O) groups excluding carboxylic acids is 11. The van der Waals surface area contributed by atoms with Crippen LogP contribution in [0.2, 0.25) is 0 Å². The molecular weight excluding hydrogens is 1130 g/mol. The molecule has 0 bridgehead atoms. The molecule has 0 aliphatic carbocycles. The van der Waals surface area contributed by atoms with E-state index in [-0.39, 0.29) is 109 Å². The lowest BCUT2D eigenvalue weighted by Crippen LogP contribution is -2.39. The van der Waals surface area contributed by atoms with Gasteiger partial charge in [-0.1, -0.05) is 0 Å². The number of anilines is 6. The van der Waals surface area contributed by atoms with Crippen molar-refractivity contribution in [2.45, 2.75) is 31.7 Å². The van der Waals surface area contributed by atoms with Crippen LogP contribution in [0, 0.1) is 5.92 Å². The molecule has 1 fully saturated rings. The molecule has 31 heteroatoms. The van der Waals surface area contributed by atoms with Crippen LogP contribution in [0.15, 0.2) is 86.0 Å². The first-order valence-electron chi connectivity index (χ1n) is 27.3. The van der Waals surface area contributed by atoms with Crippen molar-refractivity contribution in [1.82, 2.24) is 57.8 Å². The summed E-state index contributed by atoms with van der Waals surface area (Å²) in [6, 6.07) is 7.77. The van der Waals surface area contributed by atoms with Crippen LogP contribution in [0.1, 0.15) is 99.2 Å². The Morgan fingerprint density at radius 2 is 0.897 bits per heavy atom. The number of likely N-dealkylation sites (tertiary alicyclic amines) is 1. The molecule has 0 radical (unpaired) electrons. The van der Waals surface area contributed by atoms with E-state index in [9.17, 15) is 52.7 Å². The number of hydrogen-bond donors (Lipinski definition) is 11. The molecule has 0 unspecified atom stereocenters. The Hall–Kier alpha value is -11.0. The SMILES string of the molecule is Cn1cc(NC(=O)CCNC(=O)c2cc(NC(=O)c3cc(NC(=O)c4cc(NC(=O)[C@H](N)CCNC(=O)c5cc(NC(=O)[C@H]6CCN(C(=O)CCNC(=O)c7cc(NC(=O)c8nccn8C)cn7C)C6)cn5C)cn4C)cn3C)cn2C)cc1C(N)=O. The average molecular weight is 1200 g/mol. The average Bonchev–Trinajstić information content (AvgIpc) is 2.89. The number of nitrogens with zero attached hydrogens (tertiary/aromatic N) is 9. The van der Waals surface area contributed by atoms with Crippen LogP contribution in [0.5, 0.6) is 0 Å². The van der Waals surface area contributed by atoms with E-state index in [1.807, 2.05) is 0 Å². The fourth-order valence-electron chi connectivity index (χ4n) is 9.71. The summed E-state index contributed by atoms with van der Waals surface area (Å²) >= 11 is 0. The van der Waals surface area contributed by atoms with Crippen molar-refractivity contribution in [1.29, 1.82) is 0 Å². The van der Waals surface area contributed by atoms with Gasteiger partial charge in [0, 0.05) is 144 Å². The maximum atomic E-state index is 13.5. The van der Waals surface area contributed by atoms with Crippen molar-refractivity contribution in [2.24, 2.45) is 66.7 Å². The largest absolute Gasteiger partial charge is 0.364 e. The summed E-state index contributed by atoms with van der Waals surface area (Å²) in [6.45, 7) is 0.576. The van der Waals surface area contributed by atoms with Crippen molar-refractivity contribution in [3.8, 4) is 0 Å². The van der Waals surface area contributed by atoms with Crippen molar-refractivity contribution in [2.75, 3.05) is 64.6 Å². The maximum absolute atomic E-state index is 13.5. The third-order valence-electron chi connectivity index (χ3n) is 14.3. The highest BCUT2D eigenvalue weighted by molar-refractivity contribution is 6.08. The zero-order chi connectivity index (χ0) is 63.0. The van der Waals surface area contributed by atoms with Crippen LogP contribution in [0.4, 0.5) is 34.1 Å². The van der Waals surface area contributed by atoms with Gasteiger partial charge in [0.05, 0.1) is 46.1 Å². The third kappa shape index (κ3) is 15.2. The van der Waals surface area contributed by atoms with Crippen molar-refractivity contribution < 1.29 is 52.7 Å². The zero-order valence-corrected chi connectivity index (χ0v) is 48.8. The van der Waals surface area contributed by atoms with Gasteiger partial charge in [0.1, 0.15) is 34.2 Å². The predicted octanol–water partition coefficient (Wildman–Crippen LogP) is 0.759. The van der Waals surface area contributed by atoms with Crippen LogP contribution in [0.3, 0.4) is 0 Å². The van der Waals surface area contributed by atoms with Crippen molar-refractivity contribution in [3.63, 3.8) is 0 Å². The zero-order valence-electron chi connectivity index (χ0n) is 48.8. The fraction of sp³-hybridized carbons (Fsp3) is 0.321. The molecule has 13 N–H and O–H groups in total. The Balaban J connectivity index is 0.723. The predicted molar refractivity (Wildman–Crippen MR) is 317 cm³/mol. The topological polar surface area (TPSA) is 399 Å². The number of carbonyl (C=O) groups is 11. The van der Waals surface area contributed by atoms with Gasteiger partial charge in [-0.3, -0.25) is 52.7 Å². The second-order valence-corrected chi connectivity index (χ2v) is 21.0. The van der Waals surface area contributed by atoms with Crippen molar-refractivity contribution >= 4 is 99.1 Å².